The van der Waals surface area contributed by atoms with Crippen LogP contribution in [-0.2, 0) is 6.42 Å². The van der Waals surface area contributed by atoms with Gasteiger partial charge in [0.2, 0.25) is 0 Å². The third-order valence-corrected chi connectivity index (χ3v) is 3.00. The summed E-state index contributed by atoms with van der Waals surface area (Å²) in [6, 6.07) is 10.5. The molecule has 1 unspecified atom stereocenters. The molecule has 0 amide bonds. The number of aromatic nitrogens is 1. The van der Waals surface area contributed by atoms with Crippen LogP contribution >= 0.6 is 0 Å². The molecule has 0 aliphatic carbocycles. The van der Waals surface area contributed by atoms with Gasteiger partial charge in [-0.2, -0.15) is 0 Å². The summed E-state index contributed by atoms with van der Waals surface area (Å²) < 4.78 is 0. The average molecular weight is 226 g/mol. The zero-order valence-corrected chi connectivity index (χ0v) is 10.4. The second kappa shape index (κ2) is 5.11. The summed E-state index contributed by atoms with van der Waals surface area (Å²) >= 11 is 0. The number of nitrogens with two attached hydrogens (primary N) is 1. The van der Waals surface area contributed by atoms with Crippen LogP contribution in [0.4, 0.5) is 0 Å². The minimum absolute atomic E-state index is 0.0895. The fourth-order valence-electron chi connectivity index (χ4n) is 1.90. The molecule has 2 N–H and O–H groups in total. The molecule has 1 aromatic heterocycles. The Bertz CT molecular complexity index is 489. The minimum Gasteiger partial charge on any atom is -0.320 e. The van der Waals surface area contributed by atoms with E-state index in [1.54, 1.807) is 0 Å². The van der Waals surface area contributed by atoms with Gasteiger partial charge in [-0.25, -0.2) is 0 Å². The number of aryl methyl sites for hydroxylation is 2. The Kier molecular flexibility index (Phi) is 3.55. The molecule has 1 heterocycles. The molecule has 1 atom stereocenters. The SMILES string of the molecule is CCc1ccc(C(N)c2cncc(C)c2)cc1. The Labute approximate surface area is 103 Å². The molecule has 17 heavy (non-hydrogen) atoms. The highest BCUT2D eigenvalue weighted by atomic mass is 14.7. The summed E-state index contributed by atoms with van der Waals surface area (Å²) in [5, 5.41) is 0. The second-order valence-corrected chi connectivity index (χ2v) is 4.37. The molecule has 0 saturated carbocycles. The first-order chi connectivity index (χ1) is 8.20. The van der Waals surface area contributed by atoms with Crippen LogP contribution in [0.5, 0.6) is 0 Å². The Morgan fingerprint density at radius 1 is 1.12 bits per heavy atom. The Morgan fingerprint density at radius 3 is 2.41 bits per heavy atom. The summed E-state index contributed by atoms with van der Waals surface area (Å²) in [6.07, 6.45) is 4.74. The van der Waals surface area contributed by atoms with E-state index in [2.05, 4.69) is 42.2 Å². The van der Waals surface area contributed by atoms with E-state index in [-0.39, 0.29) is 6.04 Å². The molecule has 2 heteroatoms. The van der Waals surface area contributed by atoms with Crippen LogP contribution in [0, 0.1) is 6.92 Å². The third-order valence-electron chi connectivity index (χ3n) is 3.00. The van der Waals surface area contributed by atoms with Gasteiger partial charge in [0.25, 0.3) is 0 Å². The van der Waals surface area contributed by atoms with Crippen LogP contribution in [-0.4, -0.2) is 4.98 Å². The van der Waals surface area contributed by atoms with E-state index >= 15 is 0 Å². The molecule has 2 rings (SSSR count). The lowest BCUT2D eigenvalue weighted by Gasteiger charge is -2.13. The van der Waals surface area contributed by atoms with Gasteiger partial charge in [-0.15, -0.1) is 0 Å². The van der Waals surface area contributed by atoms with Crippen molar-refractivity contribution in [3.8, 4) is 0 Å². The summed E-state index contributed by atoms with van der Waals surface area (Å²) in [5.74, 6) is 0. The maximum absolute atomic E-state index is 6.24. The maximum atomic E-state index is 6.24. The summed E-state index contributed by atoms with van der Waals surface area (Å²) in [7, 11) is 0. The molecular weight excluding hydrogens is 208 g/mol. The molecule has 2 aromatic rings. The molecule has 0 fully saturated rings. The molecule has 88 valence electrons. The predicted octanol–water partition coefficient (Wildman–Crippen LogP) is 3.00. The fraction of sp³-hybridized carbons (Fsp3) is 0.267. The van der Waals surface area contributed by atoms with Crippen molar-refractivity contribution >= 4 is 0 Å². The van der Waals surface area contributed by atoms with E-state index in [0.717, 1.165) is 23.1 Å². The molecule has 0 radical (unpaired) electrons. The minimum atomic E-state index is -0.0895. The molecule has 0 spiro atoms. The molecule has 0 saturated heterocycles. The molecule has 1 aromatic carbocycles. The lowest BCUT2D eigenvalue weighted by molar-refractivity contribution is 0.859. The van der Waals surface area contributed by atoms with E-state index in [1.807, 2.05) is 19.3 Å². The van der Waals surface area contributed by atoms with Crippen molar-refractivity contribution in [3.63, 3.8) is 0 Å². The molecular formula is C15H18N2. The smallest absolute Gasteiger partial charge is 0.0567 e. The van der Waals surface area contributed by atoms with Crippen LogP contribution in [0.1, 0.15) is 35.2 Å². The number of rotatable bonds is 3. The van der Waals surface area contributed by atoms with Gasteiger partial charge in [0.15, 0.2) is 0 Å². The van der Waals surface area contributed by atoms with Crippen molar-refractivity contribution in [1.82, 2.24) is 4.98 Å². The van der Waals surface area contributed by atoms with E-state index in [9.17, 15) is 0 Å². The van der Waals surface area contributed by atoms with E-state index < -0.39 is 0 Å². The zero-order valence-electron chi connectivity index (χ0n) is 10.4. The van der Waals surface area contributed by atoms with Gasteiger partial charge in [-0.1, -0.05) is 37.3 Å². The van der Waals surface area contributed by atoms with Gasteiger partial charge < -0.3 is 5.73 Å². The van der Waals surface area contributed by atoms with E-state index in [0.29, 0.717) is 0 Å². The number of benzene rings is 1. The normalized spacial score (nSPS) is 12.4. The first kappa shape index (κ1) is 11.8. The predicted molar refractivity (Wildman–Crippen MR) is 70.8 cm³/mol. The number of hydrogen-bond acceptors (Lipinski definition) is 2. The van der Waals surface area contributed by atoms with Gasteiger partial charge >= 0.3 is 0 Å². The highest BCUT2D eigenvalue weighted by molar-refractivity contribution is 5.33. The van der Waals surface area contributed by atoms with E-state index in [4.69, 9.17) is 5.73 Å². The van der Waals surface area contributed by atoms with Crippen molar-refractivity contribution in [1.29, 1.82) is 0 Å². The second-order valence-electron chi connectivity index (χ2n) is 4.37. The van der Waals surface area contributed by atoms with Crippen LogP contribution in [0.2, 0.25) is 0 Å². The summed E-state index contributed by atoms with van der Waals surface area (Å²) in [4.78, 5) is 4.18. The first-order valence-corrected chi connectivity index (χ1v) is 5.96. The zero-order chi connectivity index (χ0) is 12.3. The van der Waals surface area contributed by atoms with Gasteiger partial charge in [-0.3, -0.25) is 4.98 Å². The topological polar surface area (TPSA) is 38.9 Å². The van der Waals surface area contributed by atoms with Crippen LogP contribution in [0.25, 0.3) is 0 Å². The molecule has 2 nitrogen and oxygen atoms in total. The maximum Gasteiger partial charge on any atom is 0.0567 e. The van der Waals surface area contributed by atoms with Crippen LogP contribution < -0.4 is 5.73 Å². The average Bonchev–Trinajstić information content (AvgIpc) is 2.38. The quantitative estimate of drug-likeness (QED) is 0.873. The molecule has 0 aliphatic heterocycles. The molecule has 0 aliphatic rings. The van der Waals surface area contributed by atoms with Crippen molar-refractivity contribution in [2.24, 2.45) is 5.73 Å². The Hall–Kier alpha value is -1.67. The summed E-state index contributed by atoms with van der Waals surface area (Å²) in [6.45, 7) is 4.18. The monoisotopic (exact) mass is 226 g/mol. The highest BCUT2D eigenvalue weighted by Gasteiger charge is 2.08. The highest BCUT2D eigenvalue weighted by Crippen LogP contribution is 2.20. The van der Waals surface area contributed by atoms with Gasteiger partial charge in [0.1, 0.15) is 0 Å². The largest absolute Gasteiger partial charge is 0.320 e. The standard InChI is InChI=1S/C15H18N2/c1-3-12-4-6-13(7-5-12)15(16)14-8-11(2)9-17-10-14/h4-10,15H,3,16H2,1-2H3. The van der Waals surface area contributed by atoms with Gasteiger partial charge in [0.05, 0.1) is 6.04 Å². The van der Waals surface area contributed by atoms with Crippen LogP contribution in [0.3, 0.4) is 0 Å². The van der Waals surface area contributed by atoms with Crippen LogP contribution in [0.15, 0.2) is 42.7 Å². The van der Waals surface area contributed by atoms with Crippen molar-refractivity contribution < 1.29 is 0 Å². The van der Waals surface area contributed by atoms with Crippen molar-refractivity contribution in [2.45, 2.75) is 26.3 Å². The number of nitrogens with zero attached hydrogens (tertiary/aromatic N) is 1. The lowest BCUT2D eigenvalue weighted by atomic mass is 9.99. The Balaban J connectivity index is 2.27. The lowest BCUT2D eigenvalue weighted by Crippen LogP contribution is -2.12. The van der Waals surface area contributed by atoms with Gasteiger partial charge in [-0.05, 0) is 35.6 Å². The summed E-state index contributed by atoms with van der Waals surface area (Å²) in [5.41, 5.74) is 10.9. The first-order valence-electron chi connectivity index (χ1n) is 5.96. The van der Waals surface area contributed by atoms with E-state index in [1.165, 1.54) is 5.56 Å². The molecule has 0 bridgehead atoms. The fourth-order valence-corrected chi connectivity index (χ4v) is 1.90. The Morgan fingerprint density at radius 2 is 1.82 bits per heavy atom. The number of pyridine rings is 1. The van der Waals surface area contributed by atoms with Crippen molar-refractivity contribution in [2.75, 3.05) is 0 Å². The third kappa shape index (κ3) is 2.71. The van der Waals surface area contributed by atoms with Crippen molar-refractivity contribution in [3.05, 3.63) is 65.0 Å². The number of hydrogen-bond donors (Lipinski definition) is 1. The van der Waals surface area contributed by atoms with Gasteiger partial charge in [0, 0.05) is 12.4 Å².